The Labute approximate surface area is 202 Å². The number of pyridine rings is 2. The number of benzene rings is 3. The number of rotatable bonds is 2. The zero-order valence-electron chi connectivity index (χ0n) is 17.1. The van der Waals surface area contributed by atoms with E-state index < -0.39 is 0 Å². The molecule has 0 aliphatic carbocycles. The van der Waals surface area contributed by atoms with E-state index in [0.29, 0.717) is 5.11 Å². The molecular weight excluding hydrogens is 496 g/mol. The van der Waals surface area contributed by atoms with Gasteiger partial charge in [0.05, 0.1) is 33.1 Å². The fourth-order valence-electron chi connectivity index (χ4n) is 3.94. The molecule has 6 rings (SSSR count). The Morgan fingerprint density at radius 3 is 1.97 bits per heavy atom. The molecule has 0 aliphatic heterocycles. The monoisotopic (exact) mass is 510 g/mol. The summed E-state index contributed by atoms with van der Waals surface area (Å²) in [6.07, 6.45) is 3.55. The van der Waals surface area contributed by atoms with Crippen molar-refractivity contribution in [1.29, 1.82) is 0 Å². The molecule has 6 nitrogen and oxygen atoms in total. The molecule has 2 N–H and O–H groups in total. The van der Waals surface area contributed by atoms with Gasteiger partial charge in [0, 0.05) is 39.0 Å². The van der Waals surface area contributed by atoms with Crippen LogP contribution in [0, 0.1) is 0 Å². The summed E-state index contributed by atoms with van der Waals surface area (Å²) in [6, 6.07) is 21.5. The van der Waals surface area contributed by atoms with E-state index in [4.69, 9.17) is 22.2 Å². The fourth-order valence-corrected chi connectivity index (χ4v) is 4.57. The number of hydrogen-bond donors (Lipinski definition) is 2. The standard InChI is InChI=1S/C25H15BrN6S/c26-14-4-1-5-15(12-14)29-25(33)30-16-8-9-19-20(13-16)32-24-18-7-3-11-28-22(18)21-17(23(24)31-19)6-2-10-27-21/h1-13H,(H2,29,30,33). The third-order valence-corrected chi connectivity index (χ3v) is 6.05. The smallest absolute Gasteiger partial charge is 0.175 e. The molecule has 0 saturated carbocycles. The lowest BCUT2D eigenvalue weighted by molar-refractivity contribution is 1.36. The number of fused-ring (bicyclic) bond motifs is 7. The topological polar surface area (TPSA) is 75.6 Å². The Kier molecular flexibility index (Phi) is 4.82. The number of anilines is 2. The number of hydrogen-bond acceptors (Lipinski definition) is 5. The van der Waals surface area contributed by atoms with Crippen LogP contribution < -0.4 is 10.6 Å². The lowest BCUT2D eigenvalue weighted by Crippen LogP contribution is -2.19. The van der Waals surface area contributed by atoms with Crippen molar-refractivity contribution in [2.75, 3.05) is 10.6 Å². The van der Waals surface area contributed by atoms with Gasteiger partial charge in [-0.2, -0.15) is 0 Å². The first kappa shape index (κ1) is 19.9. The van der Waals surface area contributed by atoms with E-state index in [2.05, 4.69) is 36.5 Å². The summed E-state index contributed by atoms with van der Waals surface area (Å²) < 4.78 is 0.979. The first-order valence-corrected chi connectivity index (χ1v) is 11.4. The van der Waals surface area contributed by atoms with Gasteiger partial charge in [-0.3, -0.25) is 9.97 Å². The van der Waals surface area contributed by atoms with Gasteiger partial charge in [0.1, 0.15) is 0 Å². The van der Waals surface area contributed by atoms with Crippen molar-refractivity contribution in [2.45, 2.75) is 0 Å². The van der Waals surface area contributed by atoms with E-state index in [1.165, 1.54) is 0 Å². The van der Waals surface area contributed by atoms with Crippen LogP contribution in [0.2, 0.25) is 0 Å². The highest BCUT2D eigenvalue weighted by molar-refractivity contribution is 9.10. The minimum absolute atomic E-state index is 0.493. The van der Waals surface area contributed by atoms with E-state index in [1.807, 2.05) is 66.7 Å². The molecule has 0 aliphatic rings. The minimum Gasteiger partial charge on any atom is -0.332 e. The molecule has 0 saturated heterocycles. The third kappa shape index (κ3) is 3.63. The van der Waals surface area contributed by atoms with E-state index >= 15 is 0 Å². The molecule has 3 aromatic heterocycles. The molecule has 0 bridgehead atoms. The molecule has 33 heavy (non-hydrogen) atoms. The van der Waals surface area contributed by atoms with Gasteiger partial charge < -0.3 is 10.6 Å². The van der Waals surface area contributed by atoms with Crippen LogP contribution in [0.5, 0.6) is 0 Å². The maximum atomic E-state index is 5.49. The maximum Gasteiger partial charge on any atom is 0.175 e. The molecule has 8 heteroatoms. The summed E-state index contributed by atoms with van der Waals surface area (Å²) >= 11 is 8.96. The van der Waals surface area contributed by atoms with Crippen LogP contribution in [0.15, 0.2) is 83.6 Å². The predicted molar refractivity (Wildman–Crippen MR) is 142 cm³/mol. The second-order valence-electron chi connectivity index (χ2n) is 7.51. The van der Waals surface area contributed by atoms with Crippen LogP contribution in [0.25, 0.3) is 43.9 Å². The molecule has 0 unspecified atom stereocenters. The number of thiocarbonyl (C=S) groups is 1. The summed E-state index contributed by atoms with van der Waals surface area (Å²) in [5.41, 5.74) is 6.57. The SMILES string of the molecule is S=C(Nc1cccc(Br)c1)Nc1ccc2nc3c4cccnc4c4ncccc4c3nc2c1. The second kappa shape index (κ2) is 7.99. The lowest BCUT2D eigenvalue weighted by atomic mass is 10.1. The highest BCUT2D eigenvalue weighted by Crippen LogP contribution is 2.32. The summed E-state index contributed by atoms with van der Waals surface area (Å²) in [7, 11) is 0. The van der Waals surface area contributed by atoms with Gasteiger partial charge in [0.15, 0.2) is 5.11 Å². The Bertz CT molecular complexity index is 1720. The zero-order valence-corrected chi connectivity index (χ0v) is 19.5. The minimum atomic E-state index is 0.493. The van der Waals surface area contributed by atoms with Crippen LogP contribution in [-0.2, 0) is 0 Å². The molecule has 0 spiro atoms. The Balaban J connectivity index is 1.45. The van der Waals surface area contributed by atoms with Crippen molar-refractivity contribution in [3.8, 4) is 0 Å². The molecule has 0 fully saturated rings. The summed E-state index contributed by atoms with van der Waals surface area (Å²) in [5, 5.41) is 8.79. The van der Waals surface area contributed by atoms with Crippen molar-refractivity contribution in [2.24, 2.45) is 0 Å². The fraction of sp³-hybridized carbons (Fsp3) is 0. The van der Waals surface area contributed by atoms with Gasteiger partial charge in [-0.25, -0.2) is 9.97 Å². The van der Waals surface area contributed by atoms with Crippen molar-refractivity contribution < 1.29 is 0 Å². The average molecular weight is 511 g/mol. The molecule has 0 atom stereocenters. The normalized spacial score (nSPS) is 11.3. The molecule has 158 valence electrons. The van der Waals surface area contributed by atoms with Crippen LogP contribution in [0.3, 0.4) is 0 Å². The molecule has 3 heterocycles. The van der Waals surface area contributed by atoms with E-state index in [9.17, 15) is 0 Å². The van der Waals surface area contributed by atoms with Crippen molar-refractivity contribution in [3.05, 3.63) is 83.6 Å². The number of halogens is 1. The van der Waals surface area contributed by atoms with Crippen LogP contribution in [-0.4, -0.2) is 25.0 Å². The first-order valence-electron chi connectivity index (χ1n) is 10.2. The highest BCUT2D eigenvalue weighted by atomic mass is 79.9. The molecule has 3 aromatic carbocycles. The van der Waals surface area contributed by atoms with Crippen LogP contribution >= 0.6 is 28.1 Å². The molecule has 6 aromatic rings. The number of aromatic nitrogens is 4. The zero-order chi connectivity index (χ0) is 22.4. The van der Waals surface area contributed by atoms with Crippen molar-refractivity contribution in [3.63, 3.8) is 0 Å². The molecular formula is C25H15BrN6S. The van der Waals surface area contributed by atoms with Gasteiger partial charge in [-0.05, 0) is 72.9 Å². The summed E-state index contributed by atoms with van der Waals surface area (Å²) in [4.78, 5) is 19.1. The summed E-state index contributed by atoms with van der Waals surface area (Å²) in [5.74, 6) is 0. The quantitative estimate of drug-likeness (QED) is 0.157. The van der Waals surface area contributed by atoms with E-state index in [-0.39, 0.29) is 0 Å². The van der Waals surface area contributed by atoms with Gasteiger partial charge in [0.2, 0.25) is 0 Å². The Hall–Kier alpha value is -3.75. The third-order valence-electron chi connectivity index (χ3n) is 5.35. The lowest BCUT2D eigenvalue weighted by Gasteiger charge is -2.12. The van der Waals surface area contributed by atoms with Gasteiger partial charge >= 0.3 is 0 Å². The number of nitrogens with one attached hydrogen (secondary N) is 2. The molecule has 0 amide bonds. The Morgan fingerprint density at radius 2 is 1.30 bits per heavy atom. The van der Waals surface area contributed by atoms with Crippen LogP contribution in [0.1, 0.15) is 0 Å². The highest BCUT2D eigenvalue weighted by Gasteiger charge is 2.14. The van der Waals surface area contributed by atoms with E-state index in [1.54, 1.807) is 12.4 Å². The van der Waals surface area contributed by atoms with Crippen molar-refractivity contribution >= 4 is 88.5 Å². The van der Waals surface area contributed by atoms with Gasteiger partial charge in [-0.15, -0.1) is 0 Å². The largest absolute Gasteiger partial charge is 0.332 e. The van der Waals surface area contributed by atoms with Gasteiger partial charge in [0.25, 0.3) is 0 Å². The van der Waals surface area contributed by atoms with Crippen molar-refractivity contribution in [1.82, 2.24) is 19.9 Å². The van der Waals surface area contributed by atoms with Gasteiger partial charge in [-0.1, -0.05) is 22.0 Å². The van der Waals surface area contributed by atoms with Crippen LogP contribution in [0.4, 0.5) is 11.4 Å². The predicted octanol–water partition coefficient (Wildman–Crippen LogP) is 6.45. The second-order valence-corrected chi connectivity index (χ2v) is 8.84. The maximum absolute atomic E-state index is 5.49. The molecule has 0 radical (unpaired) electrons. The van der Waals surface area contributed by atoms with E-state index in [0.717, 1.165) is 59.7 Å². The Morgan fingerprint density at radius 1 is 0.667 bits per heavy atom. The first-order chi connectivity index (χ1) is 16.2. The number of nitrogens with zero attached hydrogens (tertiary/aromatic N) is 4. The summed E-state index contributed by atoms with van der Waals surface area (Å²) in [6.45, 7) is 0. The average Bonchev–Trinajstić information content (AvgIpc) is 2.83.